The van der Waals surface area contributed by atoms with E-state index in [1.807, 2.05) is 12.4 Å². The van der Waals surface area contributed by atoms with Gasteiger partial charge in [-0.3, -0.25) is 4.98 Å². The van der Waals surface area contributed by atoms with E-state index >= 15 is 0 Å². The first kappa shape index (κ1) is 30.2. The largest absolute Gasteiger partial charge is 0.453 e. The number of fused-ring (bicyclic) bond motifs is 7. The number of pyridine rings is 1. The van der Waals surface area contributed by atoms with Gasteiger partial charge in [-0.2, -0.15) is 0 Å². The van der Waals surface area contributed by atoms with Crippen molar-refractivity contribution in [2.75, 3.05) is 4.90 Å². The van der Waals surface area contributed by atoms with Crippen molar-refractivity contribution in [3.8, 4) is 11.5 Å². The zero-order chi connectivity index (χ0) is 34.9. The Morgan fingerprint density at radius 2 is 1.15 bits per heavy atom. The molecule has 0 saturated carbocycles. The van der Waals surface area contributed by atoms with Crippen LogP contribution in [-0.2, 0) is 0 Å². The second-order valence-corrected chi connectivity index (χ2v) is 17.9. The number of hydrogen-bond donors (Lipinski definition) is 0. The molecule has 0 spiro atoms. The molecule has 53 heavy (non-hydrogen) atoms. The molecule has 3 nitrogen and oxygen atoms in total. The van der Waals surface area contributed by atoms with Crippen LogP contribution in [-0.4, -0.2) is 19.8 Å². The summed E-state index contributed by atoms with van der Waals surface area (Å²) in [6, 6.07) is 67.3. The summed E-state index contributed by atoms with van der Waals surface area (Å²) in [4.78, 5) is 6.91. The van der Waals surface area contributed by atoms with Gasteiger partial charge < -0.3 is 9.64 Å². The normalized spacial score (nSPS) is 15.6. The first-order valence-electron chi connectivity index (χ1n) is 18.4. The third-order valence-electron chi connectivity index (χ3n) is 11.6. The molecule has 5 heteroatoms. The fourth-order valence-corrected chi connectivity index (χ4v) is 15.0. The van der Waals surface area contributed by atoms with Crippen LogP contribution in [0, 0.1) is 0 Å². The lowest BCUT2D eigenvalue weighted by molar-refractivity contribution is 0.470. The van der Waals surface area contributed by atoms with Crippen LogP contribution in [0.5, 0.6) is 11.5 Å². The van der Waals surface area contributed by atoms with E-state index in [9.17, 15) is 0 Å². The molecule has 0 aliphatic carbocycles. The lowest BCUT2D eigenvalue weighted by atomic mass is 9.32. The van der Waals surface area contributed by atoms with Crippen LogP contribution in [0.1, 0.15) is 22.6 Å². The van der Waals surface area contributed by atoms with E-state index in [2.05, 4.69) is 192 Å². The van der Waals surface area contributed by atoms with Crippen LogP contribution in [0.3, 0.4) is 0 Å². The Balaban J connectivity index is 1.38. The average molecular weight is 693 g/mol. The van der Waals surface area contributed by atoms with Crippen LogP contribution < -0.4 is 46.8 Å². The zero-order valence-electron chi connectivity index (χ0n) is 28.9. The van der Waals surface area contributed by atoms with Crippen molar-refractivity contribution >= 4 is 69.0 Å². The minimum absolute atomic E-state index is 0.0368. The predicted molar refractivity (Wildman–Crippen MR) is 221 cm³/mol. The van der Waals surface area contributed by atoms with Crippen molar-refractivity contribution in [1.82, 2.24) is 4.98 Å². The van der Waals surface area contributed by atoms with E-state index < -0.39 is 8.07 Å². The molecule has 3 aliphatic rings. The SMILES string of the molecule is c1ccc(N2c3ccccc3Oc3c2cc2c4c3C(c3ccncc3)c3ccccc3B4c3ccccc3[Si]2(c2ccccc2)c2ccccc2)cc1. The molecule has 0 radical (unpaired) electrons. The summed E-state index contributed by atoms with van der Waals surface area (Å²) in [5.74, 6) is 1.71. The summed E-state index contributed by atoms with van der Waals surface area (Å²) in [5, 5.41) is 5.62. The van der Waals surface area contributed by atoms with Gasteiger partial charge in [0, 0.05) is 29.6 Å². The fraction of sp³-hybridized carbons (Fsp3) is 0.0208. The molecule has 248 valence electrons. The van der Waals surface area contributed by atoms with Crippen LogP contribution in [0.15, 0.2) is 194 Å². The number of rotatable bonds is 4. The Bertz CT molecular complexity index is 2630. The van der Waals surface area contributed by atoms with Crippen molar-refractivity contribution in [1.29, 1.82) is 0 Å². The number of hydrogen-bond acceptors (Lipinski definition) is 3. The molecule has 1 atom stereocenters. The van der Waals surface area contributed by atoms with Crippen molar-refractivity contribution in [3.05, 3.63) is 211 Å². The van der Waals surface area contributed by atoms with Crippen molar-refractivity contribution in [2.45, 2.75) is 5.92 Å². The van der Waals surface area contributed by atoms with Gasteiger partial charge in [-0.15, -0.1) is 0 Å². The van der Waals surface area contributed by atoms with E-state index in [-0.39, 0.29) is 12.6 Å². The molecule has 8 aromatic rings. The maximum Gasteiger partial charge on any atom is 0.241 e. The van der Waals surface area contributed by atoms with E-state index in [4.69, 9.17) is 4.74 Å². The van der Waals surface area contributed by atoms with Gasteiger partial charge in [0.15, 0.2) is 19.6 Å². The first-order valence-corrected chi connectivity index (χ1v) is 20.4. The third kappa shape index (κ3) is 4.26. The molecule has 0 amide bonds. The van der Waals surface area contributed by atoms with Crippen molar-refractivity contribution in [2.24, 2.45) is 0 Å². The summed E-state index contributed by atoms with van der Waals surface area (Å²) >= 11 is 0. The molecule has 0 bridgehead atoms. The summed E-state index contributed by atoms with van der Waals surface area (Å²) in [6.07, 6.45) is 3.86. The predicted octanol–water partition coefficient (Wildman–Crippen LogP) is 6.36. The Kier molecular flexibility index (Phi) is 6.73. The molecule has 0 fully saturated rings. The molecule has 4 heterocycles. The van der Waals surface area contributed by atoms with Gasteiger partial charge in [0.1, 0.15) is 0 Å². The molecule has 0 saturated heterocycles. The van der Waals surface area contributed by atoms with Gasteiger partial charge >= 0.3 is 0 Å². The fourth-order valence-electron chi connectivity index (χ4n) is 9.66. The summed E-state index contributed by atoms with van der Waals surface area (Å²) in [5.41, 5.74) is 11.1. The standard InChI is InChI=1S/C48H33BN2OSi/c1-4-16-34(17-5-1)51-40-25-13-14-26-42(40)52-48-41(51)32-44-47-46(48)45(33-28-30-50-31-29-33)37-22-10-11-23-38(37)49(47)39-24-12-15-27-43(39)53(44,35-18-6-2-7-19-35)36-20-8-3-9-21-36/h1-32,45H. The van der Waals surface area contributed by atoms with Gasteiger partial charge in [-0.1, -0.05) is 156 Å². The minimum atomic E-state index is -2.96. The number of benzene rings is 7. The molecule has 11 rings (SSSR count). The lowest BCUT2D eigenvalue weighted by Crippen LogP contribution is -2.87. The smallest absolute Gasteiger partial charge is 0.241 e. The monoisotopic (exact) mass is 692 g/mol. The van der Waals surface area contributed by atoms with E-state index in [0.717, 1.165) is 28.6 Å². The van der Waals surface area contributed by atoms with Crippen LogP contribution in [0.4, 0.5) is 17.1 Å². The highest BCUT2D eigenvalue weighted by Crippen LogP contribution is 2.54. The zero-order valence-corrected chi connectivity index (χ0v) is 29.9. The second-order valence-electron chi connectivity index (χ2n) is 14.2. The van der Waals surface area contributed by atoms with Gasteiger partial charge in [0.05, 0.1) is 11.4 Å². The Morgan fingerprint density at radius 1 is 0.547 bits per heavy atom. The third-order valence-corrected chi connectivity index (χ3v) is 16.5. The first-order chi connectivity index (χ1) is 26.3. The van der Waals surface area contributed by atoms with Crippen LogP contribution in [0.25, 0.3) is 0 Å². The summed E-state index contributed by atoms with van der Waals surface area (Å²) in [7, 11) is -2.96. The quantitative estimate of drug-likeness (QED) is 0.201. The molecule has 1 unspecified atom stereocenters. The maximum absolute atomic E-state index is 7.29. The number of anilines is 3. The molecular weight excluding hydrogens is 659 g/mol. The molecule has 7 aromatic carbocycles. The van der Waals surface area contributed by atoms with E-state index in [1.54, 1.807) is 0 Å². The van der Waals surface area contributed by atoms with E-state index in [0.29, 0.717) is 0 Å². The van der Waals surface area contributed by atoms with Gasteiger partial charge in [0.2, 0.25) is 6.71 Å². The second kappa shape index (κ2) is 11.8. The number of nitrogens with zero attached hydrogens (tertiary/aromatic N) is 2. The Morgan fingerprint density at radius 3 is 1.89 bits per heavy atom. The Labute approximate surface area is 310 Å². The maximum atomic E-state index is 7.29. The van der Waals surface area contributed by atoms with Gasteiger partial charge in [-0.05, 0) is 74.3 Å². The highest BCUT2D eigenvalue weighted by Gasteiger charge is 2.54. The number of para-hydroxylation sites is 3. The number of ether oxygens (including phenoxy) is 1. The number of aromatic nitrogens is 1. The van der Waals surface area contributed by atoms with Crippen molar-refractivity contribution < 1.29 is 4.74 Å². The van der Waals surface area contributed by atoms with Crippen molar-refractivity contribution in [3.63, 3.8) is 0 Å². The van der Waals surface area contributed by atoms with E-state index in [1.165, 1.54) is 53.8 Å². The molecular formula is C48H33BN2OSi. The molecule has 0 N–H and O–H groups in total. The molecule has 1 aromatic heterocycles. The van der Waals surface area contributed by atoms with Gasteiger partial charge in [-0.25, -0.2) is 0 Å². The highest BCUT2D eigenvalue weighted by atomic mass is 28.3. The lowest BCUT2D eigenvalue weighted by Gasteiger charge is -2.48. The molecule has 3 aliphatic heterocycles. The van der Waals surface area contributed by atoms with Crippen LogP contribution >= 0.6 is 0 Å². The summed E-state index contributed by atoms with van der Waals surface area (Å²) < 4.78 is 7.29. The van der Waals surface area contributed by atoms with Crippen LogP contribution in [0.2, 0.25) is 0 Å². The minimum Gasteiger partial charge on any atom is -0.453 e. The average Bonchev–Trinajstić information content (AvgIpc) is 3.24. The highest BCUT2D eigenvalue weighted by molar-refractivity contribution is 7.26. The topological polar surface area (TPSA) is 25.4 Å². The Hall–Kier alpha value is -6.43. The van der Waals surface area contributed by atoms with Gasteiger partial charge in [0.25, 0.3) is 0 Å². The summed E-state index contributed by atoms with van der Waals surface area (Å²) in [6.45, 7) is 0.0368.